The number of amides is 1. The molecule has 1 aromatic carbocycles. The number of benzene rings is 1. The Bertz CT molecular complexity index is 953. The summed E-state index contributed by atoms with van der Waals surface area (Å²) in [5, 5.41) is 6.35. The molecule has 7 heteroatoms. The van der Waals surface area contributed by atoms with E-state index in [0.29, 0.717) is 6.42 Å². The van der Waals surface area contributed by atoms with Crippen LogP contribution in [-0.4, -0.2) is 39.7 Å². The van der Waals surface area contributed by atoms with Gasteiger partial charge in [-0.3, -0.25) is 9.59 Å². The summed E-state index contributed by atoms with van der Waals surface area (Å²) in [4.78, 5) is 27.7. The first kappa shape index (κ1) is 19.4. The van der Waals surface area contributed by atoms with Crippen LogP contribution in [0.5, 0.6) is 0 Å². The fourth-order valence-corrected chi connectivity index (χ4v) is 4.47. The topological polar surface area (TPSA) is 64.4 Å². The van der Waals surface area contributed by atoms with Gasteiger partial charge in [-0.1, -0.05) is 24.3 Å². The predicted octanol–water partition coefficient (Wildman–Crippen LogP) is 3.77. The number of likely N-dealkylation sites (tertiary alicyclic amines) is 1. The molecule has 0 spiro atoms. The fraction of sp³-hybridized carbons (Fsp3) is 0.318. The van der Waals surface area contributed by atoms with Crippen molar-refractivity contribution in [3.8, 4) is 5.69 Å². The van der Waals surface area contributed by atoms with Crippen LogP contribution >= 0.6 is 11.3 Å². The summed E-state index contributed by atoms with van der Waals surface area (Å²) >= 11 is 1.66. The van der Waals surface area contributed by atoms with Crippen molar-refractivity contribution in [2.45, 2.75) is 31.7 Å². The standard InChI is InChI=1S/C22H23N3O3S/c26-21(24-12-4-8-19(24)20-9-5-13-29-20)16-28-22(27)11-10-17-14-23-25(15-17)18-6-2-1-3-7-18/h1-3,5-7,9,13-15,19H,4,8,10-12,16H2. The third-order valence-electron chi connectivity index (χ3n) is 5.08. The van der Waals surface area contributed by atoms with Crippen LogP contribution in [0.2, 0.25) is 0 Å². The number of ether oxygens (including phenoxy) is 1. The van der Waals surface area contributed by atoms with Crippen molar-refractivity contribution in [2.24, 2.45) is 0 Å². The average Bonchev–Trinajstić information content (AvgIpc) is 3.51. The largest absolute Gasteiger partial charge is 0.456 e. The van der Waals surface area contributed by atoms with Crippen LogP contribution in [0, 0.1) is 0 Å². The molecule has 3 aromatic rings. The lowest BCUT2D eigenvalue weighted by Gasteiger charge is -2.23. The molecule has 1 amide bonds. The Morgan fingerprint density at radius 3 is 2.83 bits per heavy atom. The van der Waals surface area contributed by atoms with Crippen molar-refractivity contribution in [3.05, 3.63) is 70.7 Å². The van der Waals surface area contributed by atoms with E-state index in [1.807, 2.05) is 52.9 Å². The van der Waals surface area contributed by atoms with Crippen LogP contribution in [0.25, 0.3) is 5.69 Å². The first-order valence-electron chi connectivity index (χ1n) is 9.78. The van der Waals surface area contributed by atoms with Gasteiger partial charge in [0.1, 0.15) is 0 Å². The lowest BCUT2D eigenvalue weighted by atomic mass is 10.2. The normalized spacial score (nSPS) is 16.1. The van der Waals surface area contributed by atoms with Crippen molar-refractivity contribution in [1.82, 2.24) is 14.7 Å². The molecule has 4 rings (SSSR count). The molecule has 1 fully saturated rings. The molecule has 0 saturated carbocycles. The molecular weight excluding hydrogens is 386 g/mol. The molecule has 0 bridgehead atoms. The Hall–Kier alpha value is -2.93. The van der Waals surface area contributed by atoms with E-state index >= 15 is 0 Å². The van der Waals surface area contributed by atoms with Crippen molar-refractivity contribution in [1.29, 1.82) is 0 Å². The van der Waals surface area contributed by atoms with Crippen LogP contribution in [0.3, 0.4) is 0 Å². The first-order chi connectivity index (χ1) is 14.2. The summed E-state index contributed by atoms with van der Waals surface area (Å²) < 4.78 is 7.02. The van der Waals surface area contributed by atoms with Crippen LogP contribution in [0.4, 0.5) is 0 Å². The first-order valence-corrected chi connectivity index (χ1v) is 10.7. The Kier molecular flexibility index (Phi) is 6.05. The van der Waals surface area contributed by atoms with Crippen molar-refractivity contribution in [3.63, 3.8) is 0 Å². The number of carbonyl (C=O) groups excluding carboxylic acids is 2. The van der Waals surface area contributed by atoms with Gasteiger partial charge in [-0.05, 0) is 48.4 Å². The Labute approximate surface area is 173 Å². The number of rotatable bonds is 7. The predicted molar refractivity (Wildman–Crippen MR) is 111 cm³/mol. The van der Waals surface area contributed by atoms with Gasteiger partial charge in [0.25, 0.3) is 5.91 Å². The molecule has 1 aliphatic heterocycles. The number of aromatic nitrogens is 2. The summed E-state index contributed by atoms with van der Waals surface area (Å²) in [6, 6.07) is 14.0. The maximum atomic E-state index is 12.5. The lowest BCUT2D eigenvalue weighted by molar-refractivity contribution is -0.152. The zero-order valence-electron chi connectivity index (χ0n) is 16.1. The quantitative estimate of drug-likeness (QED) is 0.557. The van der Waals surface area contributed by atoms with E-state index in [-0.39, 0.29) is 30.9 Å². The molecule has 150 valence electrons. The molecule has 1 atom stereocenters. The minimum atomic E-state index is -0.363. The molecule has 0 N–H and O–H groups in total. The number of thiophene rings is 1. The summed E-state index contributed by atoms with van der Waals surface area (Å²) in [5.74, 6) is -0.483. The van der Waals surface area contributed by atoms with Gasteiger partial charge in [-0.15, -0.1) is 11.3 Å². The molecule has 3 heterocycles. The van der Waals surface area contributed by atoms with E-state index < -0.39 is 0 Å². The van der Waals surface area contributed by atoms with Gasteiger partial charge >= 0.3 is 5.97 Å². The molecule has 0 aliphatic carbocycles. The molecule has 6 nitrogen and oxygen atoms in total. The van der Waals surface area contributed by atoms with Gasteiger partial charge < -0.3 is 9.64 Å². The molecule has 1 saturated heterocycles. The SMILES string of the molecule is O=C(CCc1cnn(-c2ccccc2)c1)OCC(=O)N1CCCC1c1cccs1. The van der Waals surface area contributed by atoms with Gasteiger partial charge in [0.15, 0.2) is 6.61 Å². The van der Waals surface area contributed by atoms with Crippen LogP contribution < -0.4 is 0 Å². The number of carbonyl (C=O) groups is 2. The van der Waals surface area contributed by atoms with Gasteiger partial charge in [-0.25, -0.2) is 4.68 Å². The molecule has 1 aliphatic rings. The maximum absolute atomic E-state index is 12.5. The number of para-hydroxylation sites is 1. The lowest BCUT2D eigenvalue weighted by Crippen LogP contribution is -2.34. The number of hydrogen-bond acceptors (Lipinski definition) is 5. The second-order valence-corrected chi connectivity index (χ2v) is 8.03. The highest BCUT2D eigenvalue weighted by molar-refractivity contribution is 7.10. The minimum absolute atomic E-state index is 0.116. The molecule has 1 unspecified atom stereocenters. The fourth-order valence-electron chi connectivity index (χ4n) is 3.60. The number of esters is 1. The van der Waals surface area contributed by atoms with Crippen molar-refractivity contribution >= 4 is 23.2 Å². The monoisotopic (exact) mass is 409 g/mol. The summed E-state index contributed by atoms with van der Waals surface area (Å²) in [6.07, 6.45) is 6.35. The highest BCUT2D eigenvalue weighted by Crippen LogP contribution is 2.34. The van der Waals surface area contributed by atoms with E-state index in [1.54, 1.807) is 22.2 Å². The van der Waals surface area contributed by atoms with Gasteiger partial charge in [0.2, 0.25) is 0 Å². The second kappa shape index (κ2) is 9.05. The zero-order valence-corrected chi connectivity index (χ0v) is 16.9. The van der Waals surface area contributed by atoms with E-state index in [4.69, 9.17) is 4.74 Å². The zero-order chi connectivity index (χ0) is 20.1. The number of hydrogen-bond donors (Lipinski definition) is 0. The van der Waals surface area contributed by atoms with E-state index in [2.05, 4.69) is 11.2 Å². The second-order valence-electron chi connectivity index (χ2n) is 7.05. The summed E-state index contributed by atoms with van der Waals surface area (Å²) in [6.45, 7) is 0.529. The highest BCUT2D eigenvalue weighted by Gasteiger charge is 2.30. The maximum Gasteiger partial charge on any atom is 0.306 e. The average molecular weight is 410 g/mol. The Morgan fingerprint density at radius 1 is 1.17 bits per heavy atom. The van der Waals surface area contributed by atoms with E-state index in [9.17, 15) is 9.59 Å². The number of aryl methyl sites for hydroxylation is 1. The van der Waals surface area contributed by atoms with Gasteiger partial charge in [0.05, 0.1) is 17.9 Å². The summed E-state index contributed by atoms with van der Waals surface area (Å²) in [5.41, 5.74) is 1.92. The van der Waals surface area contributed by atoms with E-state index in [0.717, 1.165) is 30.6 Å². The minimum Gasteiger partial charge on any atom is -0.456 e. The van der Waals surface area contributed by atoms with Gasteiger partial charge in [-0.2, -0.15) is 5.10 Å². The van der Waals surface area contributed by atoms with Crippen LogP contribution in [0.15, 0.2) is 60.2 Å². The molecule has 2 aromatic heterocycles. The molecule has 29 heavy (non-hydrogen) atoms. The number of nitrogens with zero attached hydrogens (tertiary/aromatic N) is 3. The van der Waals surface area contributed by atoms with Crippen LogP contribution in [-0.2, 0) is 20.7 Å². The van der Waals surface area contributed by atoms with E-state index in [1.165, 1.54) is 4.88 Å². The third kappa shape index (κ3) is 4.74. The summed E-state index contributed by atoms with van der Waals surface area (Å²) in [7, 11) is 0. The smallest absolute Gasteiger partial charge is 0.306 e. The Morgan fingerprint density at radius 2 is 2.03 bits per heavy atom. The van der Waals surface area contributed by atoms with Crippen LogP contribution in [0.1, 0.15) is 35.7 Å². The Balaban J connectivity index is 1.24. The van der Waals surface area contributed by atoms with Crippen molar-refractivity contribution < 1.29 is 14.3 Å². The molecule has 0 radical (unpaired) electrons. The van der Waals surface area contributed by atoms with Gasteiger partial charge in [0, 0.05) is 24.0 Å². The highest BCUT2D eigenvalue weighted by atomic mass is 32.1. The van der Waals surface area contributed by atoms with Crippen molar-refractivity contribution in [2.75, 3.05) is 13.2 Å². The third-order valence-corrected chi connectivity index (χ3v) is 6.05. The molecular formula is C22H23N3O3S.